The fourth-order valence-electron chi connectivity index (χ4n) is 2.79. The Bertz CT molecular complexity index is 840. The molecule has 134 valence electrons. The van der Waals surface area contributed by atoms with Crippen LogP contribution in [0.3, 0.4) is 0 Å². The molecule has 0 aliphatic heterocycles. The second-order valence-electron chi connectivity index (χ2n) is 6.32. The van der Waals surface area contributed by atoms with Gasteiger partial charge in [0.2, 0.25) is 0 Å². The van der Waals surface area contributed by atoms with Gasteiger partial charge in [-0.25, -0.2) is 4.98 Å². The van der Waals surface area contributed by atoms with Gasteiger partial charge in [0, 0.05) is 12.0 Å². The van der Waals surface area contributed by atoms with Crippen LogP contribution in [-0.4, -0.2) is 23.3 Å². The molecule has 3 nitrogen and oxygen atoms in total. The summed E-state index contributed by atoms with van der Waals surface area (Å²) in [6, 6.07) is 20.4. The van der Waals surface area contributed by atoms with Gasteiger partial charge >= 0.3 is 0 Å². The molecule has 26 heavy (non-hydrogen) atoms. The monoisotopic (exact) mass is 347 g/mol. The number of hydrogen-bond donors (Lipinski definition) is 1. The van der Waals surface area contributed by atoms with Crippen LogP contribution in [0, 0.1) is 0 Å². The molecule has 0 amide bonds. The molecule has 0 radical (unpaired) electrons. The van der Waals surface area contributed by atoms with Crippen LogP contribution in [0.1, 0.15) is 36.9 Å². The molecule has 3 rings (SSSR count). The fourth-order valence-corrected chi connectivity index (χ4v) is 2.79. The maximum atomic E-state index is 8.75. The zero-order valence-corrected chi connectivity index (χ0v) is 15.0. The third-order valence-electron chi connectivity index (χ3n) is 4.27. The van der Waals surface area contributed by atoms with E-state index in [4.69, 9.17) is 9.84 Å². The van der Waals surface area contributed by atoms with Crippen LogP contribution in [0.25, 0.3) is 23.1 Å². The highest BCUT2D eigenvalue weighted by Crippen LogP contribution is 2.16. The first-order valence-corrected chi connectivity index (χ1v) is 9.23. The molecule has 1 aromatic heterocycles. The largest absolute Gasteiger partial charge is 0.494 e. The van der Waals surface area contributed by atoms with Gasteiger partial charge in [-0.3, -0.25) is 0 Å². The van der Waals surface area contributed by atoms with Gasteiger partial charge in [0.15, 0.2) is 0 Å². The summed E-state index contributed by atoms with van der Waals surface area (Å²) in [5, 5.41) is 9.90. The summed E-state index contributed by atoms with van der Waals surface area (Å²) in [6.45, 7) is 1.01. The normalized spacial score (nSPS) is 11.3. The van der Waals surface area contributed by atoms with Crippen molar-refractivity contribution in [2.24, 2.45) is 0 Å². The van der Waals surface area contributed by atoms with Gasteiger partial charge in [-0.05, 0) is 55.2 Å². The molecule has 0 bridgehead atoms. The molecule has 0 saturated carbocycles. The van der Waals surface area contributed by atoms with E-state index in [9.17, 15) is 0 Å². The van der Waals surface area contributed by atoms with Gasteiger partial charge in [0.1, 0.15) is 5.75 Å². The van der Waals surface area contributed by atoms with Crippen molar-refractivity contribution in [1.82, 2.24) is 4.98 Å². The van der Waals surface area contributed by atoms with Gasteiger partial charge in [-0.1, -0.05) is 48.9 Å². The lowest BCUT2D eigenvalue weighted by Gasteiger charge is -2.06. The molecule has 1 N–H and O–H groups in total. The van der Waals surface area contributed by atoms with Crippen LogP contribution in [0.2, 0.25) is 0 Å². The maximum Gasteiger partial charge on any atom is 0.119 e. The number of aliphatic hydroxyl groups excluding tert-OH is 1. The van der Waals surface area contributed by atoms with Crippen molar-refractivity contribution in [3.05, 3.63) is 71.9 Å². The van der Waals surface area contributed by atoms with Gasteiger partial charge in [-0.15, -0.1) is 0 Å². The second-order valence-corrected chi connectivity index (χ2v) is 6.32. The standard InChI is InChI=1S/C23H25NO2/c25-17-5-1-2-6-18-26-22-15-10-19(11-16-22)9-13-21-14-12-20-7-3-4-8-23(20)24-21/h3-4,7-16,25H,1-2,5-6,17-18H2. The molecule has 0 aliphatic rings. The number of benzene rings is 2. The number of fused-ring (bicyclic) bond motifs is 1. The molecule has 0 unspecified atom stereocenters. The van der Waals surface area contributed by atoms with Crippen molar-refractivity contribution in [2.45, 2.75) is 25.7 Å². The summed E-state index contributed by atoms with van der Waals surface area (Å²) >= 11 is 0. The minimum absolute atomic E-state index is 0.282. The van der Waals surface area contributed by atoms with Crippen LogP contribution < -0.4 is 4.74 Å². The highest BCUT2D eigenvalue weighted by molar-refractivity contribution is 5.80. The minimum atomic E-state index is 0.282. The third kappa shape index (κ3) is 5.43. The van der Waals surface area contributed by atoms with E-state index in [1.54, 1.807) is 0 Å². The molecule has 3 aromatic rings. The van der Waals surface area contributed by atoms with Gasteiger partial charge in [0.25, 0.3) is 0 Å². The van der Waals surface area contributed by atoms with Crippen molar-refractivity contribution in [1.29, 1.82) is 0 Å². The minimum Gasteiger partial charge on any atom is -0.494 e. The van der Waals surface area contributed by atoms with E-state index in [1.165, 1.54) is 0 Å². The topological polar surface area (TPSA) is 42.4 Å². The Hall–Kier alpha value is -2.65. The molecule has 0 fully saturated rings. The second kappa shape index (κ2) is 9.73. The predicted molar refractivity (Wildman–Crippen MR) is 108 cm³/mol. The lowest BCUT2D eigenvalue weighted by atomic mass is 10.1. The number of unbranched alkanes of at least 4 members (excludes halogenated alkanes) is 3. The van der Waals surface area contributed by atoms with Crippen LogP contribution in [0.5, 0.6) is 5.75 Å². The Kier molecular flexibility index (Phi) is 6.80. The molecule has 0 aliphatic carbocycles. The van der Waals surface area contributed by atoms with Gasteiger partial charge in [-0.2, -0.15) is 0 Å². The summed E-state index contributed by atoms with van der Waals surface area (Å²) in [5.74, 6) is 0.896. The van der Waals surface area contributed by atoms with Gasteiger partial charge < -0.3 is 9.84 Å². The molecule has 2 aromatic carbocycles. The summed E-state index contributed by atoms with van der Waals surface area (Å²) < 4.78 is 5.75. The highest BCUT2D eigenvalue weighted by atomic mass is 16.5. The van der Waals surface area contributed by atoms with E-state index < -0.39 is 0 Å². The molecule has 0 saturated heterocycles. The first-order valence-electron chi connectivity index (χ1n) is 9.23. The maximum absolute atomic E-state index is 8.75. The Morgan fingerprint density at radius 1 is 0.808 bits per heavy atom. The van der Waals surface area contributed by atoms with E-state index in [0.717, 1.165) is 60.2 Å². The molecular weight excluding hydrogens is 322 g/mol. The number of nitrogens with zero attached hydrogens (tertiary/aromatic N) is 1. The molecular formula is C23H25NO2. The number of hydrogen-bond acceptors (Lipinski definition) is 3. The number of pyridine rings is 1. The fraction of sp³-hybridized carbons (Fsp3) is 0.261. The van der Waals surface area contributed by atoms with Crippen LogP contribution in [0.4, 0.5) is 0 Å². The van der Waals surface area contributed by atoms with Gasteiger partial charge in [0.05, 0.1) is 17.8 Å². The molecule has 1 heterocycles. The quantitative estimate of drug-likeness (QED) is 0.532. The Morgan fingerprint density at radius 3 is 2.46 bits per heavy atom. The highest BCUT2D eigenvalue weighted by Gasteiger charge is 1.97. The zero-order chi connectivity index (χ0) is 18.0. The Labute approximate surface area is 155 Å². The molecule has 0 spiro atoms. The average molecular weight is 347 g/mol. The summed E-state index contributed by atoms with van der Waals surface area (Å²) in [4.78, 5) is 4.65. The Morgan fingerprint density at radius 2 is 1.62 bits per heavy atom. The summed E-state index contributed by atoms with van der Waals surface area (Å²) in [6.07, 6.45) is 8.16. The van der Waals surface area contributed by atoms with Crippen molar-refractivity contribution < 1.29 is 9.84 Å². The van der Waals surface area contributed by atoms with E-state index in [0.29, 0.717) is 0 Å². The zero-order valence-electron chi connectivity index (χ0n) is 15.0. The summed E-state index contributed by atoms with van der Waals surface area (Å²) in [7, 11) is 0. The predicted octanol–water partition coefficient (Wildman–Crippen LogP) is 5.34. The molecule has 3 heteroatoms. The molecule has 0 atom stereocenters. The van der Waals surface area contributed by atoms with Crippen LogP contribution in [0.15, 0.2) is 60.7 Å². The summed E-state index contributed by atoms with van der Waals surface area (Å²) in [5.41, 5.74) is 3.08. The van der Waals surface area contributed by atoms with Crippen molar-refractivity contribution in [2.75, 3.05) is 13.2 Å². The van der Waals surface area contributed by atoms with Crippen LogP contribution >= 0.6 is 0 Å². The SMILES string of the molecule is OCCCCCCOc1ccc(C=Cc2ccc3ccccc3n2)cc1. The van der Waals surface area contributed by atoms with E-state index in [2.05, 4.69) is 35.3 Å². The number of ether oxygens (including phenoxy) is 1. The van der Waals surface area contributed by atoms with Crippen molar-refractivity contribution >= 4 is 23.1 Å². The van der Waals surface area contributed by atoms with Crippen molar-refractivity contribution in [3.63, 3.8) is 0 Å². The number of para-hydroxylation sites is 1. The first-order chi connectivity index (χ1) is 12.8. The lowest BCUT2D eigenvalue weighted by molar-refractivity contribution is 0.273. The smallest absolute Gasteiger partial charge is 0.119 e. The average Bonchev–Trinajstić information content (AvgIpc) is 2.70. The third-order valence-corrected chi connectivity index (χ3v) is 4.27. The number of aromatic nitrogens is 1. The van der Waals surface area contributed by atoms with Crippen molar-refractivity contribution in [3.8, 4) is 5.75 Å². The van der Waals surface area contributed by atoms with E-state index in [-0.39, 0.29) is 6.61 Å². The van der Waals surface area contributed by atoms with E-state index in [1.807, 2.05) is 42.5 Å². The van der Waals surface area contributed by atoms with Crippen LogP contribution in [-0.2, 0) is 0 Å². The number of rotatable bonds is 9. The first kappa shape index (κ1) is 18.2. The lowest BCUT2D eigenvalue weighted by Crippen LogP contribution is -1.97. The Balaban J connectivity index is 1.52. The number of aliphatic hydroxyl groups is 1. The van der Waals surface area contributed by atoms with E-state index >= 15 is 0 Å².